The lowest BCUT2D eigenvalue weighted by Crippen LogP contribution is -2.44. The van der Waals surface area contributed by atoms with E-state index in [0.29, 0.717) is 17.9 Å². The van der Waals surface area contributed by atoms with Crippen LogP contribution >= 0.6 is 24.8 Å². The van der Waals surface area contributed by atoms with E-state index in [2.05, 4.69) is 16.8 Å². The Morgan fingerprint density at radius 1 is 1.48 bits per heavy atom. The van der Waals surface area contributed by atoms with Gasteiger partial charge in [-0.1, -0.05) is 6.08 Å². The van der Waals surface area contributed by atoms with Crippen LogP contribution in [0, 0.1) is 0 Å². The van der Waals surface area contributed by atoms with Crippen LogP contribution in [0.2, 0.25) is 0 Å². The van der Waals surface area contributed by atoms with Crippen molar-refractivity contribution in [1.29, 1.82) is 0 Å². The molecule has 1 amide bonds. The highest BCUT2D eigenvalue weighted by atomic mass is 35.5. The van der Waals surface area contributed by atoms with Crippen molar-refractivity contribution in [2.75, 3.05) is 19.6 Å². The molecule has 1 aliphatic rings. The third-order valence-corrected chi connectivity index (χ3v) is 3.43. The number of carbonyl (C=O) groups excluding carboxylic acids is 1. The molecule has 7 heteroatoms. The maximum Gasteiger partial charge on any atom is 0.254 e. The molecule has 0 atom stereocenters. The van der Waals surface area contributed by atoms with Crippen LogP contribution in [-0.2, 0) is 6.54 Å². The molecule has 1 aliphatic heterocycles. The monoisotopic (exact) mass is 335 g/mol. The molecule has 21 heavy (non-hydrogen) atoms. The molecular formula is C14H23Cl2N3O2. The number of hydrogen-bond acceptors (Lipinski definition) is 4. The molecule has 1 saturated heterocycles. The fourth-order valence-electron chi connectivity index (χ4n) is 2.32. The van der Waals surface area contributed by atoms with E-state index in [0.717, 1.165) is 32.5 Å². The van der Waals surface area contributed by atoms with Crippen LogP contribution in [0.25, 0.3) is 0 Å². The van der Waals surface area contributed by atoms with Gasteiger partial charge >= 0.3 is 0 Å². The number of hydrogen-bond donors (Lipinski definition) is 2. The molecule has 0 aliphatic carbocycles. The van der Waals surface area contributed by atoms with Crippen molar-refractivity contribution >= 4 is 30.7 Å². The number of amides is 1. The van der Waals surface area contributed by atoms with Gasteiger partial charge in [0.25, 0.3) is 5.91 Å². The number of piperidine rings is 1. The summed E-state index contributed by atoms with van der Waals surface area (Å²) < 4.78 is 5.17. The molecule has 5 nitrogen and oxygen atoms in total. The molecule has 0 spiro atoms. The minimum Gasteiger partial charge on any atom is -0.467 e. The van der Waals surface area contributed by atoms with E-state index in [1.165, 1.54) is 6.26 Å². The second-order valence-corrected chi connectivity index (χ2v) is 4.84. The smallest absolute Gasteiger partial charge is 0.254 e. The Labute approximate surface area is 137 Å². The van der Waals surface area contributed by atoms with Gasteiger partial charge in [0.15, 0.2) is 0 Å². The first-order valence-electron chi connectivity index (χ1n) is 6.64. The normalized spacial score (nSPS) is 15.7. The molecule has 1 aromatic heterocycles. The number of rotatable bonds is 5. The summed E-state index contributed by atoms with van der Waals surface area (Å²) in [5, 5.41) is 3.04. The summed E-state index contributed by atoms with van der Waals surface area (Å²) in [6.07, 6.45) is 5.32. The minimum atomic E-state index is -0.0781. The van der Waals surface area contributed by atoms with E-state index in [1.54, 1.807) is 6.07 Å². The van der Waals surface area contributed by atoms with Crippen molar-refractivity contribution in [2.24, 2.45) is 5.73 Å². The molecule has 2 rings (SSSR count). The van der Waals surface area contributed by atoms with Gasteiger partial charge in [0.2, 0.25) is 0 Å². The topological polar surface area (TPSA) is 71.5 Å². The maximum absolute atomic E-state index is 12.0. The Kier molecular flexibility index (Phi) is 9.37. The number of nitrogens with one attached hydrogen (secondary N) is 1. The van der Waals surface area contributed by atoms with Crippen LogP contribution in [0.3, 0.4) is 0 Å². The summed E-state index contributed by atoms with van der Waals surface area (Å²) in [4.78, 5) is 14.3. The molecule has 0 saturated carbocycles. The number of furan rings is 1. The summed E-state index contributed by atoms with van der Waals surface area (Å²) in [5.74, 6) is 0.552. The van der Waals surface area contributed by atoms with E-state index in [4.69, 9.17) is 10.2 Å². The van der Waals surface area contributed by atoms with Crippen molar-refractivity contribution in [3.8, 4) is 0 Å². The summed E-state index contributed by atoms with van der Waals surface area (Å²) in [6, 6.07) is 1.94. The fourth-order valence-corrected chi connectivity index (χ4v) is 2.32. The third kappa shape index (κ3) is 5.71. The first-order chi connectivity index (χ1) is 9.22. The zero-order valence-corrected chi connectivity index (χ0v) is 13.5. The second-order valence-electron chi connectivity index (χ2n) is 4.84. The molecule has 0 bridgehead atoms. The molecule has 2 heterocycles. The van der Waals surface area contributed by atoms with Crippen LogP contribution in [-0.4, -0.2) is 36.5 Å². The van der Waals surface area contributed by atoms with E-state index < -0.39 is 0 Å². The first-order valence-corrected chi connectivity index (χ1v) is 6.64. The highest BCUT2D eigenvalue weighted by Gasteiger charge is 2.21. The van der Waals surface area contributed by atoms with Crippen LogP contribution in [0.5, 0.6) is 0 Å². The van der Waals surface area contributed by atoms with E-state index >= 15 is 0 Å². The summed E-state index contributed by atoms with van der Waals surface area (Å²) in [6.45, 7) is 6.96. The van der Waals surface area contributed by atoms with Crippen molar-refractivity contribution < 1.29 is 9.21 Å². The van der Waals surface area contributed by atoms with Crippen molar-refractivity contribution in [3.05, 3.63) is 36.3 Å². The summed E-state index contributed by atoms with van der Waals surface area (Å²) >= 11 is 0. The number of likely N-dealkylation sites (tertiary alicyclic amines) is 1. The molecule has 0 radical (unpaired) electrons. The van der Waals surface area contributed by atoms with Gasteiger partial charge in [-0.05, 0) is 18.9 Å². The van der Waals surface area contributed by atoms with Crippen LogP contribution < -0.4 is 11.1 Å². The number of nitrogens with zero attached hydrogens (tertiary/aromatic N) is 1. The standard InChI is InChI=1S/C14H21N3O2.2ClH/c1-2-5-17-6-3-12(4-7-17)16-14(18)11-8-13(9-15)19-10-11;;/h2,8,10,12H,1,3-7,9,15H2,(H,16,18);2*1H. The van der Waals surface area contributed by atoms with Gasteiger partial charge in [0.1, 0.15) is 12.0 Å². The molecule has 3 N–H and O–H groups in total. The third-order valence-electron chi connectivity index (χ3n) is 3.43. The largest absolute Gasteiger partial charge is 0.467 e. The van der Waals surface area contributed by atoms with Crippen molar-refractivity contribution in [1.82, 2.24) is 10.2 Å². The lowest BCUT2D eigenvalue weighted by atomic mass is 10.0. The quantitative estimate of drug-likeness (QED) is 0.807. The van der Waals surface area contributed by atoms with Gasteiger partial charge in [-0.15, -0.1) is 31.4 Å². The van der Waals surface area contributed by atoms with E-state index in [1.807, 2.05) is 6.08 Å². The summed E-state index contributed by atoms with van der Waals surface area (Å²) in [5.41, 5.74) is 6.00. The van der Waals surface area contributed by atoms with Crippen molar-refractivity contribution in [2.45, 2.75) is 25.4 Å². The fraction of sp³-hybridized carbons (Fsp3) is 0.500. The summed E-state index contributed by atoms with van der Waals surface area (Å²) in [7, 11) is 0. The average Bonchev–Trinajstić information content (AvgIpc) is 2.90. The maximum atomic E-state index is 12.0. The van der Waals surface area contributed by atoms with Crippen LogP contribution in [0.4, 0.5) is 0 Å². The lowest BCUT2D eigenvalue weighted by molar-refractivity contribution is 0.0913. The Balaban J connectivity index is 0.00000200. The molecule has 0 aromatic carbocycles. The molecule has 1 fully saturated rings. The van der Waals surface area contributed by atoms with Gasteiger partial charge in [0.05, 0.1) is 12.1 Å². The van der Waals surface area contributed by atoms with Gasteiger partial charge in [-0.3, -0.25) is 9.69 Å². The highest BCUT2D eigenvalue weighted by molar-refractivity contribution is 5.94. The Morgan fingerprint density at radius 3 is 2.67 bits per heavy atom. The average molecular weight is 336 g/mol. The number of halogens is 2. The van der Waals surface area contributed by atoms with Crippen LogP contribution in [0.15, 0.2) is 29.4 Å². The van der Waals surface area contributed by atoms with Gasteiger partial charge < -0.3 is 15.5 Å². The predicted molar refractivity (Wildman–Crippen MR) is 88.2 cm³/mol. The molecule has 120 valence electrons. The zero-order chi connectivity index (χ0) is 13.7. The van der Waals surface area contributed by atoms with Gasteiger partial charge in [-0.2, -0.15) is 0 Å². The number of carbonyl (C=O) groups is 1. The zero-order valence-electron chi connectivity index (χ0n) is 11.9. The van der Waals surface area contributed by atoms with Gasteiger partial charge in [0, 0.05) is 25.7 Å². The molecular weight excluding hydrogens is 313 g/mol. The Bertz CT molecular complexity index is 443. The van der Waals surface area contributed by atoms with Gasteiger partial charge in [-0.25, -0.2) is 0 Å². The van der Waals surface area contributed by atoms with E-state index in [-0.39, 0.29) is 36.8 Å². The second kappa shape index (κ2) is 9.84. The Hall–Kier alpha value is -1.01. The van der Waals surface area contributed by atoms with Crippen LogP contribution in [0.1, 0.15) is 29.0 Å². The molecule has 0 unspecified atom stereocenters. The number of nitrogens with two attached hydrogens (primary N) is 1. The predicted octanol–water partition coefficient (Wildman–Crippen LogP) is 1.96. The van der Waals surface area contributed by atoms with Crippen molar-refractivity contribution in [3.63, 3.8) is 0 Å². The molecule has 1 aromatic rings. The SMILES string of the molecule is C=CCN1CCC(NC(=O)c2coc(CN)c2)CC1.Cl.Cl. The van der Waals surface area contributed by atoms with E-state index in [9.17, 15) is 4.79 Å². The minimum absolute atomic E-state index is 0. The Morgan fingerprint density at radius 2 is 2.14 bits per heavy atom. The lowest BCUT2D eigenvalue weighted by Gasteiger charge is -2.31. The first kappa shape index (κ1) is 20.0. The highest BCUT2D eigenvalue weighted by Crippen LogP contribution is 2.12.